The van der Waals surface area contributed by atoms with Gasteiger partial charge in [-0.1, -0.05) is 6.92 Å². The Morgan fingerprint density at radius 1 is 1.44 bits per heavy atom. The highest BCUT2D eigenvalue weighted by atomic mass is 16.6. The zero-order valence-corrected chi connectivity index (χ0v) is 9.50. The Bertz CT molecular complexity index is 478. The van der Waals surface area contributed by atoms with E-state index in [9.17, 15) is 15.0 Å². The highest BCUT2D eigenvalue weighted by Crippen LogP contribution is 2.45. The van der Waals surface area contributed by atoms with Gasteiger partial charge in [0.05, 0.1) is 0 Å². The maximum atomic E-state index is 11.7. The lowest BCUT2D eigenvalue weighted by Gasteiger charge is -2.22. The fourth-order valence-electron chi connectivity index (χ4n) is 1.95. The molecule has 2 N–H and O–H groups in total. The van der Waals surface area contributed by atoms with Crippen molar-refractivity contribution >= 4 is 5.97 Å². The second kappa shape index (κ2) is 3.14. The molecule has 16 heavy (non-hydrogen) atoms. The Kier molecular flexibility index (Phi) is 2.12. The third kappa shape index (κ3) is 1.19. The maximum Gasteiger partial charge on any atom is 0.343 e. The van der Waals surface area contributed by atoms with E-state index in [2.05, 4.69) is 0 Å². The van der Waals surface area contributed by atoms with Gasteiger partial charge in [0.25, 0.3) is 0 Å². The minimum atomic E-state index is -0.755. The fraction of sp³-hybridized carbons (Fsp3) is 0.417. The molecule has 1 atom stereocenters. The largest absolute Gasteiger partial charge is 0.508 e. The van der Waals surface area contributed by atoms with Crippen molar-refractivity contribution in [2.24, 2.45) is 0 Å². The molecule has 1 aliphatic rings. The van der Waals surface area contributed by atoms with Crippen LogP contribution in [0.25, 0.3) is 0 Å². The van der Waals surface area contributed by atoms with Crippen LogP contribution in [-0.4, -0.2) is 16.2 Å². The second-order valence-electron chi connectivity index (χ2n) is 4.27. The molecule has 1 aromatic rings. The molecule has 0 spiro atoms. The van der Waals surface area contributed by atoms with Gasteiger partial charge in [-0.2, -0.15) is 0 Å². The lowest BCUT2D eigenvalue weighted by Crippen LogP contribution is -2.20. The molecule has 2 rings (SSSR count). The third-order valence-electron chi connectivity index (χ3n) is 3.29. The van der Waals surface area contributed by atoms with Gasteiger partial charge in [0.1, 0.15) is 22.7 Å². The summed E-state index contributed by atoms with van der Waals surface area (Å²) in [5.41, 5.74) is 0.283. The zero-order valence-electron chi connectivity index (χ0n) is 9.50. The fourth-order valence-corrected chi connectivity index (χ4v) is 1.95. The van der Waals surface area contributed by atoms with Crippen LogP contribution in [0.1, 0.15) is 41.8 Å². The molecule has 0 aromatic heterocycles. The van der Waals surface area contributed by atoms with Crippen molar-refractivity contribution in [3.05, 3.63) is 22.8 Å². The van der Waals surface area contributed by atoms with Crippen LogP contribution in [-0.2, 0) is 10.3 Å². The lowest BCUT2D eigenvalue weighted by molar-refractivity contribution is -0.000881. The average molecular weight is 222 g/mol. The topological polar surface area (TPSA) is 66.8 Å². The average Bonchev–Trinajstić information content (AvgIpc) is 2.48. The number of ether oxygens (including phenoxy) is 1. The van der Waals surface area contributed by atoms with Crippen LogP contribution >= 0.6 is 0 Å². The smallest absolute Gasteiger partial charge is 0.343 e. The standard InChI is InChI=1S/C12H14O4/c1-4-12(3)7-5-8(13)6(2)10(14)9(7)11(15)16-12/h5,13-14H,4H2,1-3H3. The molecule has 0 bridgehead atoms. The monoisotopic (exact) mass is 222 g/mol. The van der Waals surface area contributed by atoms with Crippen LogP contribution in [0.15, 0.2) is 6.07 Å². The summed E-state index contributed by atoms with van der Waals surface area (Å²) < 4.78 is 5.25. The van der Waals surface area contributed by atoms with Crippen LogP contribution in [0.3, 0.4) is 0 Å². The van der Waals surface area contributed by atoms with Gasteiger partial charge in [0.15, 0.2) is 0 Å². The van der Waals surface area contributed by atoms with Crippen molar-refractivity contribution in [2.45, 2.75) is 32.8 Å². The molecule has 1 unspecified atom stereocenters. The highest BCUT2D eigenvalue weighted by molar-refractivity contribution is 5.98. The summed E-state index contributed by atoms with van der Waals surface area (Å²) in [6.07, 6.45) is 0.591. The number of fused-ring (bicyclic) bond motifs is 1. The minimum Gasteiger partial charge on any atom is -0.508 e. The van der Waals surface area contributed by atoms with Gasteiger partial charge in [-0.05, 0) is 26.3 Å². The number of phenolic OH excluding ortho intramolecular Hbond substituents is 2. The van der Waals surface area contributed by atoms with E-state index in [0.717, 1.165) is 0 Å². The molecule has 1 aliphatic heterocycles. The van der Waals surface area contributed by atoms with Gasteiger partial charge < -0.3 is 14.9 Å². The molecular weight excluding hydrogens is 208 g/mol. The third-order valence-corrected chi connectivity index (χ3v) is 3.29. The van der Waals surface area contributed by atoms with Crippen molar-refractivity contribution < 1.29 is 19.7 Å². The normalized spacial score (nSPS) is 23.1. The first-order valence-electron chi connectivity index (χ1n) is 5.20. The number of carbonyl (C=O) groups is 1. The maximum absolute atomic E-state index is 11.7. The molecule has 4 heteroatoms. The van der Waals surface area contributed by atoms with Gasteiger partial charge in [-0.15, -0.1) is 0 Å². The van der Waals surface area contributed by atoms with E-state index < -0.39 is 11.6 Å². The van der Waals surface area contributed by atoms with Gasteiger partial charge in [0.2, 0.25) is 0 Å². The van der Waals surface area contributed by atoms with Crippen molar-refractivity contribution in [3.63, 3.8) is 0 Å². The summed E-state index contributed by atoms with van der Waals surface area (Å²) in [6, 6.07) is 1.50. The number of rotatable bonds is 1. The van der Waals surface area contributed by atoms with Gasteiger partial charge in [-0.25, -0.2) is 4.79 Å². The summed E-state index contributed by atoms with van der Waals surface area (Å²) in [5, 5.41) is 19.5. The van der Waals surface area contributed by atoms with Gasteiger partial charge >= 0.3 is 5.97 Å². The van der Waals surface area contributed by atoms with Crippen molar-refractivity contribution in [1.82, 2.24) is 0 Å². The lowest BCUT2D eigenvalue weighted by atomic mass is 9.90. The Morgan fingerprint density at radius 3 is 2.62 bits per heavy atom. The van der Waals surface area contributed by atoms with E-state index >= 15 is 0 Å². The van der Waals surface area contributed by atoms with E-state index in [4.69, 9.17) is 4.74 Å². The predicted octanol–water partition coefficient (Wildman–Crippen LogP) is 2.20. The summed E-state index contributed by atoms with van der Waals surface area (Å²) in [4.78, 5) is 11.7. The van der Waals surface area contributed by atoms with Crippen LogP contribution in [0.5, 0.6) is 11.5 Å². The van der Waals surface area contributed by atoms with E-state index in [1.165, 1.54) is 6.07 Å². The number of hydrogen-bond donors (Lipinski definition) is 2. The molecule has 1 heterocycles. The highest BCUT2D eigenvalue weighted by Gasteiger charge is 2.43. The van der Waals surface area contributed by atoms with Gasteiger partial charge in [0, 0.05) is 11.1 Å². The number of esters is 1. The summed E-state index contributed by atoms with van der Waals surface area (Å²) in [7, 11) is 0. The summed E-state index contributed by atoms with van der Waals surface area (Å²) in [6.45, 7) is 5.21. The SMILES string of the molecule is CCC1(C)OC(=O)c2c1cc(O)c(C)c2O. The van der Waals surface area contributed by atoms with Crippen molar-refractivity contribution in [3.8, 4) is 11.5 Å². The molecule has 0 fully saturated rings. The Labute approximate surface area is 93.5 Å². The molecule has 0 aliphatic carbocycles. The number of cyclic esters (lactones) is 1. The molecule has 0 amide bonds. The van der Waals surface area contributed by atoms with Crippen LogP contribution < -0.4 is 0 Å². The molecule has 0 radical (unpaired) electrons. The second-order valence-corrected chi connectivity index (χ2v) is 4.27. The molecule has 0 saturated carbocycles. The number of hydrogen-bond acceptors (Lipinski definition) is 4. The zero-order chi connectivity index (χ0) is 12.1. The number of carbonyl (C=O) groups excluding carboxylic acids is 1. The number of phenols is 2. The number of aromatic hydroxyl groups is 2. The summed E-state index contributed by atoms with van der Waals surface area (Å²) >= 11 is 0. The Morgan fingerprint density at radius 2 is 2.06 bits per heavy atom. The first kappa shape index (κ1) is 10.8. The minimum absolute atomic E-state index is 0.0192. The van der Waals surface area contributed by atoms with Crippen molar-refractivity contribution in [2.75, 3.05) is 0 Å². The van der Waals surface area contributed by atoms with Crippen LogP contribution in [0, 0.1) is 6.92 Å². The predicted molar refractivity (Wildman–Crippen MR) is 57.6 cm³/mol. The van der Waals surface area contributed by atoms with Crippen molar-refractivity contribution in [1.29, 1.82) is 0 Å². The summed E-state index contributed by atoms with van der Waals surface area (Å²) in [5.74, 6) is -0.730. The number of benzene rings is 1. The van der Waals surface area contributed by atoms with E-state index in [0.29, 0.717) is 17.5 Å². The van der Waals surface area contributed by atoms with Crippen LogP contribution in [0.4, 0.5) is 0 Å². The molecular formula is C12H14O4. The first-order valence-corrected chi connectivity index (χ1v) is 5.20. The Hall–Kier alpha value is -1.71. The van der Waals surface area contributed by atoms with E-state index in [-0.39, 0.29) is 17.1 Å². The quantitative estimate of drug-likeness (QED) is 0.715. The molecule has 86 valence electrons. The van der Waals surface area contributed by atoms with E-state index in [1.807, 2.05) is 6.92 Å². The van der Waals surface area contributed by atoms with Gasteiger partial charge in [-0.3, -0.25) is 0 Å². The molecule has 4 nitrogen and oxygen atoms in total. The molecule has 0 saturated heterocycles. The molecule has 1 aromatic carbocycles. The first-order chi connectivity index (χ1) is 7.40. The van der Waals surface area contributed by atoms with E-state index in [1.54, 1.807) is 13.8 Å². The van der Waals surface area contributed by atoms with Crippen LogP contribution in [0.2, 0.25) is 0 Å². The Balaban J connectivity index is 2.77.